The van der Waals surface area contributed by atoms with E-state index < -0.39 is 12.0 Å². The molecule has 0 fully saturated rings. The van der Waals surface area contributed by atoms with Crippen LogP contribution in [0.4, 0.5) is 27.5 Å². The van der Waals surface area contributed by atoms with Gasteiger partial charge in [0.1, 0.15) is 6.04 Å². The van der Waals surface area contributed by atoms with Crippen LogP contribution in [-0.2, 0) is 11.2 Å². The van der Waals surface area contributed by atoms with Gasteiger partial charge in [0.2, 0.25) is 0 Å². The van der Waals surface area contributed by atoms with Crippen LogP contribution in [0.1, 0.15) is 21.5 Å². The number of carbonyl (C=O) groups excluding carboxylic acids is 2. The van der Waals surface area contributed by atoms with Crippen molar-refractivity contribution in [2.45, 2.75) is 12.5 Å². The lowest BCUT2D eigenvalue weighted by Gasteiger charge is -2.20. The van der Waals surface area contributed by atoms with Crippen LogP contribution in [0.2, 0.25) is 0 Å². The Hall–Kier alpha value is -5.89. The van der Waals surface area contributed by atoms with Gasteiger partial charge in [0.25, 0.3) is 0 Å². The van der Waals surface area contributed by atoms with E-state index >= 15 is 0 Å². The third kappa shape index (κ3) is 7.60. The number of carboxylic acid groups (broad SMARTS) is 1. The Kier molecular flexibility index (Phi) is 9.78. The maximum absolute atomic E-state index is 13.2. The van der Waals surface area contributed by atoms with Crippen LogP contribution in [0.3, 0.4) is 0 Å². The van der Waals surface area contributed by atoms with Crippen LogP contribution in [0.5, 0.6) is 0 Å². The van der Waals surface area contributed by atoms with Crippen molar-refractivity contribution in [2.24, 2.45) is 0 Å². The Morgan fingerprint density at radius 2 is 1.37 bits per heavy atom. The summed E-state index contributed by atoms with van der Waals surface area (Å²) in [6.45, 7) is 0. The van der Waals surface area contributed by atoms with E-state index in [-0.39, 0.29) is 18.2 Å². The number of rotatable bonds is 11. The summed E-state index contributed by atoms with van der Waals surface area (Å²) in [5, 5.41) is 16.1. The molecular formula is C38H36N4O4. The number of anilines is 4. The summed E-state index contributed by atoms with van der Waals surface area (Å²) >= 11 is 0. The zero-order chi connectivity index (χ0) is 32.6. The predicted octanol–water partition coefficient (Wildman–Crippen LogP) is 7.43. The van der Waals surface area contributed by atoms with Crippen LogP contribution in [0, 0.1) is 0 Å². The van der Waals surface area contributed by atoms with E-state index in [9.17, 15) is 19.5 Å². The highest BCUT2D eigenvalue weighted by Crippen LogP contribution is 2.27. The first-order valence-electron chi connectivity index (χ1n) is 14.9. The first-order chi connectivity index (χ1) is 22.2. The molecule has 0 bridgehead atoms. The van der Waals surface area contributed by atoms with Crippen molar-refractivity contribution >= 4 is 40.5 Å². The lowest BCUT2D eigenvalue weighted by atomic mass is 9.98. The van der Waals surface area contributed by atoms with Crippen LogP contribution in [0.15, 0.2) is 127 Å². The number of carboxylic acids is 1. The van der Waals surface area contributed by atoms with Gasteiger partial charge in [0.05, 0.1) is 0 Å². The van der Waals surface area contributed by atoms with Crippen molar-refractivity contribution in [2.75, 3.05) is 41.6 Å². The molecular weight excluding hydrogens is 576 g/mol. The van der Waals surface area contributed by atoms with Gasteiger partial charge < -0.3 is 20.6 Å². The molecule has 0 spiro atoms. The number of carbonyl (C=O) groups is 3. The minimum atomic E-state index is -1.02. The van der Waals surface area contributed by atoms with Gasteiger partial charge in [-0.2, -0.15) is 0 Å². The smallest absolute Gasteiger partial charge is 0.326 e. The number of hydrogen-bond acceptors (Lipinski definition) is 5. The summed E-state index contributed by atoms with van der Waals surface area (Å²) in [5.41, 5.74) is 6.55. The Balaban J connectivity index is 1.26. The second-order valence-corrected chi connectivity index (χ2v) is 11.2. The molecule has 0 saturated heterocycles. The summed E-state index contributed by atoms with van der Waals surface area (Å²) in [5.74, 6) is -1.20. The van der Waals surface area contributed by atoms with E-state index in [1.54, 1.807) is 60.5 Å². The Labute approximate surface area is 268 Å². The van der Waals surface area contributed by atoms with Crippen molar-refractivity contribution in [3.8, 4) is 11.1 Å². The fraction of sp³-hybridized carbons (Fsp3) is 0.132. The van der Waals surface area contributed by atoms with E-state index in [4.69, 9.17) is 0 Å². The maximum Gasteiger partial charge on any atom is 0.326 e. The second-order valence-electron chi connectivity index (χ2n) is 11.2. The Morgan fingerprint density at radius 3 is 2.04 bits per heavy atom. The summed E-state index contributed by atoms with van der Waals surface area (Å²) in [7, 11) is 5.64. The largest absolute Gasteiger partial charge is 0.480 e. The molecule has 0 radical (unpaired) electrons. The molecule has 8 heteroatoms. The number of hydrogen-bond donors (Lipinski definition) is 3. The summed E-state index contributed by atoms with van der Waals surface area (Å²) in [6, 6.07) is 37.6. The molecule has 1 atom stereocenters. The quantitative estimate of drug-likeness (QED) is 0.134. The number of benzene rings is 5. The molecule has 0 aliphatic rings. The molecule has 5 aromatic rings. The van der Waals surface area contributed by atoms with Crippen molar-refractivity contribution in [1.82, 2.24) is 0 Å². The van der Waals surface area contributed by atoms with Gasteiger partial charge in [-0.05, 0) is 65.2 Å². The highest BCUT2D eigenvalue weighted by Gasteiger charge is 2.21. The maximum atomic E-state index is 13.2. The Morgan fingerprint density at radius 1 is 0.696 bits per heavy atom. The molecule has 232 valence electrons. The standard InChI is InChI=1S/C38H36N4O4/c1-41(2)31-22-20-30(21-23-31)39-38(46)42(3)32-13-9-12-29(25-32)27-18-16-26(17-19-27)24-35(37(44)45)40-34-15-8-7-14-33(34)36(43)28-10-5-4-6-11-28/h4-23,25,35,40H,24H2,1-3H3,(H,39,46)(H,44,45). The van der Waals surface area contributed by atoms with Crippen LogP contribution in [-0.4, -0.2) is 50.1 Å². The van der Waals surface area contributed by atoms with Crippen molar-refractivity contribution < 1.29 is 19.5 Å². The lowest BCUT2D eigenvalue weighted by molar-refractivity contribution is -0.137. The topological polar surface area (TPSA) is 102 Å². The van der Waals surface area contributed by atoms with Crippen molar-refractivity contribution in [1.29, 1.82) is 0 Å². The average molecular weight is 613 g/mol. The molecule has 8 nitrogen and oxygen atoms in total. The van der Waals surface area contributed by atoms with Crippen molar-refractivity contribution in [3.05, 3.63) is 144 Å². The monoisotopic (exact) mass is 612 g/mol. The summed E-state index contributed by atoms with van der Waals surface area (Å²) in [4.78, 5) is 42.0. The predicted molar refractivity (Wildman–Crippen MR) is 185 cm³/mol. The third-order valence-corrected chi connectivity index (χ3v) is 7.74. The van der Waals surface area contributed by atoms with E-state index in [1.165, 1.54) is 0 Å². The normalized spacial score (nSPS) is 11.3. The van der Waals surface area contributed by atoms with Gasteiger partial charge in [-0.15, -0.1) is 0 Å². The second kappa shape index (κ2) is 14.3. The molecule has 3 N–H and O–H groups in total. The fourth-order valence-corrected chi connectivity index (χ4v) is 5.07. The van der Waals surface area contributed by atoms with E-state index in [1.807, 2.05) is 97.9 Å². The zero-order valence-electron chi connectivity index (χ0n) is 26.0. The fourth-order valence-electron chi connectivity index (χ4n) is 5.07. The molecule has 0 aromatic heterocycles. The SMILES string of the molecule is CN(C)c1ccc(NC(=O)N(C)c2cccc(-c3ccc(CC(Nc4ccccc4C(=O)c4ccccc4)C(=O)O)cc3)c2)cc1. The van der Waals surface area contributed by atoms with E-state index in [0.29, 0.717) is 22.5 Å². The number of nitrogens with one attached hydrogen (secondary N) is 2. The third-order valence-electron chi connectivity index (χ3n) is 7.74. The van der Waals surface area contributed by atoms with E-state index in [0.717, 1.165) is 28.1 Å². The molecule has 0 aliphatic carbocycles. The van der Waals surface area contributed by atoms with E-state index in [2.05, 4.69) is 10.6 Å². The lowest BCUT2D eigenvalue weighted by Crippen LogP contribution is -2.32. The molecule has 0 heterocycles. The van der Waals surface area contributed by atoms with Gasteiger partial charge >= 0.3 is 12.0 Å². The Bertz CT molecular complexity index is 1820. The summed E-state index contributed by atoms with van der Waals surface area (Å²) in [6.07, 6.45) is 0.210. The van der Waals surface area contributed by atoms with Crippen LogP contribution >= 0.6 is 0 Å². The number of ketones is 1. The minimum absolute atomic E-state index is 0.179. The molecule has 0 saturated carbocycles. The number of urea groups is 1. The van der Waals surface area contributed by atoms with Crippen LogP contribution in [0.25, 0.3) is 11.1 Å². The van der Waals surface area contributed by atoms with Gasteiger partial charge in [-0.3, -0.25) is 9.69 Å². The molecule has 5 rings (SSSR count). The van der Waals surface area contributed by atoms with Crippen molar-refractivity contribution in [3.63, 3.8) is 0 Å². The van der Waals surface area contributed by atoms with Gasteiger partial charge in [0, 0.05) is 61.4 Å². The molecule has 1 unspecified atom stereocenters. The highest BCUT2D eigenvalue weighted by atomic mass is 16.4. The van der Waals surface area contributed by atoms with Gasteiger partial charge in [-0.1, -0.05) is 78.9 Å². The highest BCUT2D eigenvalue weighted by molar-refractivity contribution is 6.12. The minimum Gasteiger partial charge on any atom is -0.480 e. The van der Waals surface area contributed by atoms with Gasteiger partial charge in [-0.25, -0.2) is 9.59 Å². The molecule has 46 heavy (non-hydrogen) atoms. The molecule has 0 aliphatic heterocycles. The number of aliphatic carboxylic acids is 1. The first-order valence-corrected chi connectivity index (χ1v) is 14.9. The van der Waals surface area contributed by atoms with Gasteiger partial charge in [0.15, 0.2) is 5.78 Å². The number of nitrogens with zero attached hydrogens (tertiary/aromatic N) is 2. The van der Waals surface area contributed by atoms with Crippen LogP contribution < -0.4 is 20.4 Å². The number of para-hydroxylation sites is 1. The summed E-state index contributed by atoms with van der Waals surface area (Å²) < 4.78 is 0. The number of amides is 2. The molecule has 5 aromatic carbocycles. The molecule has 2 amide bonds. The zero-order valence-corrected chi connectivity index (χ0v) is 26.0. The average Bonchev–Trinajstić information content (AvgIpc) is 3.08. The first kappa shape index (κ1) is 31.5.